The first kappa shape index (κ1) is 19.9. The minimum atomic E-state index is -3.72. The lowest BCUT2D eigenvalue weighted by Gasteiger charge is -2.28. The second kappa shape index (κ2) is 8.92. The normalized spacial score (nSPS) is 15.3. The average molecular weight is 412 g/mol. The number of benzene rings is 1. The number of hydrogen-bond donors (Lipinski definition) is 1. The van der Waals surface area contributed by atoms with Gasteiger partial charge in [0.1, 0.15) is 10.0 Å². The Bertz CT molecular complexity index is 848. The van der Waals surface area contributed by atoms with Gasteiger partial charge < -0.3 is 10.2 Å². The number of carbonyl (C=O) groups is 1. The summed E-state index contributed by atoms with van der Waals surface area (Å²) < 4.78 is 40.7. The number of sulfonamides is 1. The topological polar surface area (TPSA) is 69.7 Å². The summed E-state index contributed by atoms with van der Waals surface area (Å²) >= 11 is 1.14. The van der Waals surface area contributed by atoms with Gasteiger partial charge in [-0.2, -0.15) is 4.31 Å². The quantitative estimate of drug-likeness (QED) is 0.756. The smallest absolute Gasteiger partial charge is 0.252 e. The van der Waals surface area contributed by atoms with Crippen molar-refractivity contribution >= 4 is 27.3 Å². The van der Waals surface area contributed by atoms with Crippen LogP contribution in [0.1, 0.15) is 12.0 Å². The van der Waals surface area contributed by atoms with Crippen molar-refractivity contribution in [2.24, 2.45) is 0 Å². The van der Waals surface area contributed by atoms with Crippen LogP contribution >= 0.6 is 11.3 Å². The Balaban J connectivity index is 1.74. The van der Waals surface area contributed by atoms with E-state index in [1.807, 2.05) is 0 Å². The Morgan fingerprint density at radius 3 is 2.52 bits per heavy atom. The van der Waals surface area contributed by atoms with E-state index in [0.717, 1.165) is 24.4 Å². The monoisotopic (exact) mass is 411 g/mol. The van der Waals surface area contributed by atoms with Crippen molar-refractivity contribution in [3.63, 3.8) is 0 Å². The number of hydrogen-bond acceptors (Lipinski definition) is 5. The van der Waals surface area contributed by atoms with E-state index < -0.39 is 10.0 Å². The molecule has 1 fully saturated rings. The molecule has 0 saturated carbocycles. The van der Waals surface area contributed by atoms with Crippen LogP contribution in [0.4, 0.5) is 4.39 Å². The molecule has 1 N–H and O–H groups in total. The molecule has 0 radical (unpaired) electrons. The fraction of sp³-hybridized carbons (Fsp3) is 0.389. The number of nitrogens with zero attached hydrogens (tertiary/aromatic N) is 2. The summed E-state index contributed by atoms with van der Waals surface area (Å²) in [6, 6.07) is 8.96. The second-order valence-corrected chi connectivity index (χ2v) is 9.39. The van der Waals surface area contributed by atoms with E-state index in [-0.39, 0.29) is 35.4 Å². The number of piperazine rings is 1. The zero-order chi connectivity index (χ0) is 19.3. The highest BCUT2D eigenvalue weighted by atomic mass is 32.2. The maximum absolute atomic E-state index is 13.2. The van der Waals surface area contributed by atoms with Crippen molar-refractivity contribution in [2.45, 2.75) is 17.2 Å². The number of thiophene rings is 1. The van der Waals surface area contributed by atoms with Gasteiger partial charge >= 0.3 is 0 Å². The van der Waals surface area contributed by atoms with Crippen molar-refractivity contribution in [2.75, 3.05) is 32.7 Å². The van der Waals surface area contributed by atoms with Crippen molar-refractivity contribution in [3.8, 4) is 0 Å². The van der Waals surface area contributed by atoms with Crippen molar-refractivity contribution in [3.05, 3.63) is 53.2 Å². The molecule has 2 heterocycles. The van der Waals surface area contributed by atoms with Crippen LogP contribution in [0.15, 0.2) is 46.0 Å². The zero-order valence-electron chi connectivity index (χ0n) is 14.8. The largest absolute Gasteiger partial charge is 0.340 e. The number of nitrogens with one attached hydrogen (secondary N) is 1. The first-order valence-corrected chi connectivity index (χ1v) is 11.1. The number of amides is 1. The molecule has 2 aromatic rings. The first-order chi connectivity index (χ1) is 13.0. The van der Waals surface area contributed by atoms with Crippen molar-refractivity contribution in [1.82, 2.24) is 14.5 Å². The second-order valence-electron chi connectivity index (χ2n) is 6.28. The highest BCUT2D eigenvalue weighted by molar-refractivity contribution is 7.91. The summed E-state index contributed by atoms with van der Waals surface area (Å²) in [5, 5.41) is 4.89. The summed E-state index contributed by atoms with van der Waals surface area (Å²) in [7, 11) is -3.72. The summed E-state index contributed by atoms with van der Waals surface area (Å²) in [6.45, 7) is 2.94. The van der Waals surface area contributed by atoms with Crippen LogP contribution in [0, 0.1) is 5.82 Å². The van der Waals surface area contributed by atoms with Gasteiger partial charge in [-0.3, -0.25) is 4.79 Å². The van der Waals surface area contributed by atoms with E-state index in [1.165, 1.54) is 16.4 Å². The molecule has 9 heteroatoms. The molecule has 3 rings (SSSR count). The lowest BCUT2D eigenvalue weighted by molar-refractivity contribution is -0.131. The zero-order valence-corrected chi connectivity index (χ0v) is 16.4. The van der Waals surface area contributed by atoms with Crippen LogP contribution in [0.25, 0.3) is 0 Å². The predicted octanol–water partition coefficient (Wildman–Crippen LogP) is 1.90. The molecule has 0 spiro atoms. The van der Waals surface area contributed by atoms with E-state index in [1.54, 1.807) is 34.5 Å². The molecule has 6 nitrogen and oxygen atoms in total. The predicted molar refractivity (Wildman–Crippen MR) is 102 cm³/mol. The first-order valence-electron chi connectivity index (χ1n) is 8.73. The molecule has 1 aromatic heterocycles. The summed E-state index contributed by atoms with van der Waals surface area (Å²) in [5.41, 5.74) is 0.672. The molecular weight excluding hydrogens is 389 g/mol. The van der Waals surface area contributed by atoms with E-state index in [4.69, 9.17) is 0 Å². The third kappa shape index (κ3) is 5.13. The van der Waals surface area contributed by atoms with Gasteiger partial charge in [0.2, 0.25) is 5.91 Å². The van der Waals surface area contributed by atoms with E-state index >= 15 is 0 Å². The van der Waals surface area contributed by atoms with E-state index in [2.05, 4.69) is 5.32 Å². The number of rotatable bonds is 7. The Morgan fingerprint density at radius 1 is 1.19 bits per heavy atom. The average Bonchev–Trinajstić information content (AvgIpc) is 3.22. The van der Waals surface area contributed by atoms with Gasteiger partial charge in [0.05, 0.1) is 0 Å². The summed E-state index contributed by atoms with van der Waals surface area (Å²) in [4.78, 5) is 14.2. The van der Waals surface area contributed by atoms with Crippen LogP contribution in [-0.4, -0.2) is 56.3 Å². The fourth-order valence-electron chi connectivity index (χ4n) is 2.91. The lowest BCUT2D eigenvalue weighted by Crippen LogP contribution is -2.47. The van der Waals surface area contributed by atoms with Gasteiger partial charge in [-0.1, -0.05) is 18.2 Å². The van der Waals surface area contributed by atoms with Gasteiger partial charge in [0, 0.05) is 45.7 Å². The van der Waals surface area contributed by atoms with Crippen molar-refractivity contribution < 1.29 is 17.6 Å². The summed E-state index contributed by atoms with van der Waals surface area (Å²) in [6.07, 6.45) is 0.117. The standard InChI is InChI=1S/C18H22FN3O3S2/c19-16-5-3-15(4-6-16)14-22(27(24,25)18-2-1-13-26-18)10-7-17(23)21-11-8-20-9-12-21/h1-6,13,20H,7-12,14H2. The Labute approximate surface area is 162 Å². The maximum Gasteiger partial charge on any atom is 0.252 e. The highest BCUT2D eigenvalue weighted by Crippen LogP contribution is 2.23. The molecule has 0 aliphatic carbocycles. The minimum absolute atomic E-state index is 0.0537. The lowest BCUT2D eigenvalue weighted by atomic mass is 10.2. The molecule has 27 heavy (non-hydrogen) atoms. The molecule has 1 amide bonds. The van der Waals surface area contributed by atoms with Crippen LogP contribution in [0.3, 0.4) is 0 Å². The third-order valence-corrected chi connectivity index (χ3v) is 7.62. The van der Waals surface area contributed by atoms with Gasteiger partial charge in [0.15, 0.2) is 0 Å². The molecule has 0 atom stereocenters. The van der Waals surface area contributed by atoms with Crippen LogP contribution < -0.4 is 5.32 Å². The van der Waals surface area contributed by atoms with Crippen molar-refractivity contribution in [1.29, 1.82) is 0 Å². The molecule has 1 aliphatic heterocycles. The SMILES string of the molecule is O=C(CCN(Cc1ccc(F)cc1)S(=O)(=O)c1cccs1)N1CCNCC1. The molecule has 1 aromatic carbocycles. The van der Waals surface area contributed by atoms with Crippen LogP contribution in [0.5, 0.6) is 0 Å². The number of halogens is 1. The molecule has 0 bridgehead atoms. The van der Waals surface area contributed by atoms with Gasteiger partial charge in [-0.25, -0.2) is 12.8 Å². The molecule has 1 saturated heterocycles. The Kier molecular flexibility index (Phi) is 6.59. The Morgan fingerprint density at radius 2 is 1.89 bits per heavy atom. The van der Waals surface area contributed by atoms with Gasteiger partial charge in [-0.15, -0.1) is 11.3 Å². The van der Waals surface area contributed by atoms with Gasteiger partial charge in [0.25, 0.3) is 10.0 Å². The molecule has 146 valence electrons. The van der Waals surface area contributed by atoms with Gasteiger partial charge in [-0.05, 0) is 29.1 Å². The fourth-order valence-corrected chi connectivity index (χ4v) is 5.48. The summed E-state index contributed by atoms with van der Waals surface area (Å²) in [5.74, 6) is -0.428. The van der Waals surface area contributed by atoms with E-state index in [9.17, 15) is 17.6 Å². The molecule has 1 aliphatic rings. The number of carbonyl (C=O) groups excluding carboxylic acids is 1. The third-order valence-electron chi connectivity index (χ3n) is 4.41. The minimum Gasteiger partial charge on any atom is -0.340 e. The van der Waals surface area contributed by atoms with E-state index in [0.29, 0.717) is 18.7 Å². The highest BCUT2D eigenvalue weighted by Gasteiger charge is 2.27. The Hall–Kier alpha value is -1.81. The maximum atomic E-state index is 13.2. The molecule has 0 unspecified atom stereocenters. The van der Waals surface area contributed by atoms with Crippen LogP contribution in [0.2, 0.25) is 0 Å². The van der Waals surface area contributed by atoms with Crippen LogP contribution in [-0.2, 0) is 21.4 Å². The molecular formula is C18H22FN3O3S2.